The molecule has 0 spiro atoms. The fourth-order valence-corrected chi connectivity index (χ4v) is 3.24. The normalized spacial score (nSPS) is 16.2. The SMILES string of the molecule is N#CC1=C(N)Oc2oc3ccccc3c(=O)c2C1c1cccc(Cl)c1. The second-order valence-electron chi connectivity index (χ2n) is 5.61. The Morgan fingerprint density at radius 3 is 2.72 bits per heavy atom. The standard InChI is InChI=1S/C19H11ClN2O3/c20-11-5-3-4-10(8-11)15-13(9-21)18(22)25-19-16(15)17(23)12-6-1-2-7-14(12)24-19/h1-8,15H,22H2. The van der Waals surface area contributed by atoms with Crippen molar-refractivity contribution in [2.75, 3.05) is 0 Å². The molecule has 4 rings (SSSR count). The summed E-state index contributed by atoms with van der Waals surface area (Å²) in [5.74, 6) is -0.781. The van der Waals surface area contributed by atoms with E-state index in [1.54, 1.807) is 48.5 Å². The largest absolute Gasteiger partial charge is 0.425 e. The van der Waals surface area contributed by atoms with Crippen LogP contribution in [0.15, 0.2) is 69.2 Å². The molecule has 0 amide bonds. The van der Waals surface area contributed by atoms with Gasteiger partial charge in [-0.1, -0.05) is 35.9 Å². The van der Waals surface area contributed by atoms with Crippen LogP contribution in [0.2, 0.25) is 5.02 Å². The third kappa shape index (κ3) is 2.35. The molecule has 1 atom stereocenters. The zero-order valence-electron chi connectivity index (χ0n) is 12.8. The Bertz CT molecular complexity index is 1140. The summed E-state index contributed by atoms with van der Waals surface area (Å²) in [6.07, 6.45) is 0. The van der Waals surface area contributed by atoms with Gasteiger partial charge in [-0.3, -0.25) is 4.79 Å². The lowest BCUT2D eigenvalue weighted by molar-refractivity contribution is 0.296. The van der Waals surface area contributed by atoms with Gasteiger partial charge >= 0.3 is 0 Å². The van der Waals surface area contributed by atoms with Crippen molar-refractivity contribution in [2.24, 2.45) is 5.73 Å². The average molecular weight is 351 g/mol. The van der Waals surface area contributed by atoms with E-state index in [9.17, 15) is 10.1 Å². The number of hydrogen-bond donors (Lipinski definition) is 1. The van der Waals surface area contributed by atoms with Gasteiger partial charge in [0.2, 0.25) is 11.3 Å². The minimum atomic E-state index is -0.701. The molecule has 2 aromatic carbocycles. The summed E-state index contributed by atoms with van der Waals surface area (Å²) in [6, 6.07) is 15.8. The summed E-state index contributed by atoms with van der Waals surface area (Å²) in [7, 11) is 0. The summed E-state index contributed by atoms with van der Waals surface area (Å²) in [5, 5.41) is 10.5. The molecule has 2 N–H and O–H groups in total. The summed E-state index contributed by atoms with van der Waals surface area (Å²) in [6.45, 7) is 0. The Labute approximate surface area is 147 Å². The molecule has 2 heterocycles. The van der Waals surface area contributed by atoms with Gasteiger partial charge in [0.15, 0.2) is 0 Å². The third-order valence-corrected chi connectivity index (χ3v) is 4.38. The van der Waals surface area contributed by atoms with Crippen LogP contribution in [0.3, 0.4) is 0 Å². The number of fused-ring (bicyclic) bond motifs is 2. The first kappa shape index (κ1) is 15.3. The molecule has 0 saturated carbocycles. The fourth-order valence-electron chi connectivity index (χ4n) is 3.04. The van der Waals surface area contributed by atoms with Crippen LogP contribution in [0, 0.1) is 11.3 Å². The topological polar surface area (TPSA) is 89.2 Å². The monoisotopic (exact) mass is 350 g/mol. The number of nitrogens with zero attached hydrogens (tertiary/aromatic N) is 1. The first-order valence-electron chi connectivity index (χ1n) is 7.49. The van der Waals surface area contributed by atoms with Crippen molar-refractivity contribution in [1.29, 1.82) is 5.26 Å². The first-order valence-corrected chi connectivity index (χ1v) is 7.86. The summed E-state index contributed by atoms with van der Waals surface area (Å²) >= 11 is 6.09. The van der Waals surface area contributed by atoms with Crippen molar-refractivity contribution in [3.05, 3.63) is 86.4 Å². The molecule has 1 unspecified atom stereocenters. The molecule has 1 aliphatic heterocycles. The highest BCUT2D eigenvalue weighted by Gasteiger charge is 2.35. The second kappa shape index (κ2) is 5.69. The van der Waals surface area contributed by atoms with Gasteiger partial charge < -0.3 is 14.9 Å². The number of nitrogens with two attached hydrogens (primary N) is 1. The van der Waals surface area contributed by atoms with E-state index >= 15 is 0 Å². The highest BCUT2D eigenvalue weighted by Crippen LogP contribution is 2.41. The average Bonchev–Trinajstić information content (AvgIpc) is 2.61. The number of nitriles is 1. The van der Waals surface area contributed by atoms with Crippen LogP contribution in [0.5, 0.6) is 5.95 Å². The molecule has 0 bridgehead atoms. The molecule has 5 nitrogen and oxygen atoms in total. The van der Waals surface area contributed by atoms with E-state index in [-0.39, 0.29) is 28.4 Å². The van der Waals surface area contributed by atoms with Crippen LogP contribution in [-0.4, -0.2) is 0 Å². The second-order valence-corrected chi connectivity index (χ2v) is 6.04. The maximum absolute atomic E-state index is 13.1. The van der Waals surface area contributed by atoms with E-state index in [4.69, 9.17) is 26.5 Å². The van der Waals surface area contributed by atoms with Crippen molar-refractivity contribution in [3.8, 4) is 12.0 Å². The Morgan fingerprint density at radius 1 is 1.16 bits per heavy atom. The van der Waals surface area contributed by atoms with Gasteiger partial charge in [0.05, 0.1) is 16.9 Å². The van der Waals surface area contributed by atoms with Gasteiger partial charge in [0.1, 0.15) is 17.2 Å². The maximum Gasteiger partial charge on any atom is 0.300 e. The lowest BCUT2D eigenvalue weighted by atomic mass is 9.84. The van der Waals surface area contributed by atoms with Crippen LogP contribution < -0.4 is 15.9 Å². The molecule has 1 aliphatic rings. The van der Waals surface area contributed by atoms with Crippen LogP contribution in [0.1, 0.15) is 17.0 Å². The molecule has 3 aromatic rings. The molecule has 0 fully saturated rings. The van der Waals surface area contributed by atoms with Gasteiger partial charge in [0, 0.05) is 5.02 Å². The van der Waals surface area contributed by atoms with E-state index in [2.05, 4.69) is 0 Å². The fraction of sp³-hybridized carbons (Fsp3) is 0.0526. The molecule has 6 heteroatoms. The lowest BCUT2D eigenvalue weighted by Gasteiger charge is -2.24. The van der Waals surface area contributed by atoms with Crippen molar-refractivity contribution in [1.82, 2.24) is 0 Å². The summed E-state index contributed by atoms with van der Waals surface area (Å²) < 4.78 is 11.2. The molecule has 0 saturated heterocycles. The van der Waals surface area contributed by atoms with Gasteiger partial charge in [-0.25, -0.2) is 0 Å². The number of para-hydroxylation sites is 1. The number of hydrogen-bond acceptors (Lipinski definition) is 5. The minimum Gasteiger partial charge on any atom is -0.425 e. The van der Waals surface area contributed by atoms with Crippen LogP contribution in [0.25, 0.3) is 11.0 Å². The molecular formula is C19H11ClN2O3. The Hall–Kier alpha value is -3.23. The van der Waals surface area contributed by atoms with Gasteiger partial charge in [-0.2, -0.15) is 5.26 Å². The van der Waals surface area contributed by atoms with E-state index in [0.717, 1.165) is 0 Å². The maximum atomic E-state index is 13.1. The van der Waals surface area contributed by atoms with E-state index in [1.807, 2.05) is 6.07 Å². The number of allylic oxidation sites excluding steroid dienone is 1. The van der Waals surface area contributed by atoms with Crippen molar-refractivity contribution in [2.45, 2.75) is 5.92 Å². The zero-order valence-corrected chi connectivity index (χ0v) is 13.6. The quantitative estimate of drug-likeness (QED) is 0.723. The highest BCUT2D eigenvalue weighted by molar-refractivity contribution is 6.30. The summed E-state index contributed by atoms with van der Waals surface area (Å²) in [5.41, 5.74) is 7.09. The van der Waals surface area contributed by atoms with E-state index in [0.29, 0.717) is 21.6 Å². The van der Waals surface area contributed by atoms with Crippen molar-refractivity contribution in [3.63, 3.8) is 0 Å². The first-order chi connectivity index (χ1) is 12.1. The molecule has 25 heavy (non-hydrogen) atoms. The lowest BCUT2D eigenvalue weighted by Crippen LogP contribution is -2.26. The molecular weight excluding hydrogens is 340 g/mol. The van der Waals surface area contributed by atoms with Gasteiger partial charge in [0.25, 0.3) is 5.95 Å². The van der Waals surface area contributed by atoms with E-state index in [1.165, 1.54) is 0 Å². The van der Waals surface area contributed by atoms with E-state index < -0.39 is 5.92 Å². The predicted molar refractivity (Wildman–Crippen MR) is 93.2 cm³/mol. The number of rotatable bonds is 1. The molecule has 0 aliphatic carbocycles. The number of ether oxygens (including phenoxy) is 1. The van der Waals surface area contributed by atoms with Crippen LogP contribution >= 0.6 is 11.6 Å². The minimum absolute atomic E-state index is 0.00479. The third-order valence-electron chi connectivity index (χ3n) is 4.15. The van der Waals surface area contributed by atoms with Crippen LogP contribution in [0.4, 0.5) is 0 Å². The molecule has 122 valence electrons. The number of halogens is 1. The molecule has 0 radical (unpaired) electrons. The van der Waals surface area contributed by atoms with Crippen LogP contribution in [-0.2, 0) is 0 Å². The number of benzene rings is 2. The zero-order chi connectivity index (χ0) is 17.6. The summed E-state index contributed by atoms with van der Waals surface area (Å²) in [4.78, 5) is 13.1. The van der Waals surface area contributed by atoms with Crippen molar-refractivity contribution < 1.29 is 9.15 Å². The van der Waals surface area contributed by atoms with Gasteiger partial charge in [-0.05, 0) is 29.8 Å². The van der Waals surface area contributed by atoms with Crippen molar-refractivity contribution >= 4 is 22.6 Å². The Kier molecular flexibility index (Phi) is 3.48. The Balaban J connectivity index is 2.08. The Morgan fingerprint density at radius 2 is 1.96 bits per heavy atom. The smallest absolute Gasteiger partial charge is 0.300 e. The molecule has 1 aromatic heterocycles. The van der Waals surface area contributed by atoms with Gasteiger partial charge in [-0.15, -0.1) is 0 Å². The predicted octanol–water partition coefficient (Wildman–Crippen LogP) is 3.66. The highest BCUT2D eigenvalue weighted by atomic mass is 35.5.